The Morgan fingerprint density at radius 3 is 2.62 bits per heavy atom. The topological polar surface area (TPSA) is 49.3 Å². The van der Waals surface area contributed by atoms with Gasteiger partial charge in [0, 0.05) is 22.3 Å². The van der Waals surface area contributed by atoms with E-state index < -0.39 is 5.97 Å². The third-order valence-electron chi connectivity index (χ3n) is 5.34. The van der Waals surface area contributed by atoms with Gasteiger partial charge in [-0.3, -0.25) is 4.79 Å². The fourth-order valence-electron chi connectivity index (χ4n) is 3.46. The van der Waals surface area contributed by atoms with Gasteiger partial charge in [0.05, 0.1) is 5.92 Å². The van der Waals surface area contributed by atoms with E-state index in [-0.39, 0.29) is 11.3 Å². The summed E-state index contributed by atoms with van der Waals surface area (Å²) in [6.45, 7) is 9.47. The summed E-state index contributed by atoms with van der Waals surface area (Å²) >= 11 is 1.87. The van der Waals surface area contributed by atoms with Gasteiger partial charge in [0.25, 0.3) is 0 Å². The van der Waals surface area contributed by atoms with E-state index >= 15 is 0 Å². The minimum absolute atomic E-state index is 0.161. The van der Waals surface area contributed by atoms with Gasteiger partial charge in [-0.2, -0.15) is 0 Å². The summed E-state index contributed by atoms with van der Waals surface area (Å²) in [7, 11) is 0. The van der Waals surface area contributed by atoms with Crippen molar-refractivity contribution >= 4 is 17.3 Å². The van der Waals surface area contributed by atoms with Crippen molar-refractivity contribution < 1.29 is 9.90 Å². The van der Waals surface area contributed by atoms with E-state index in [0.29, 0.717) is 12.0 Å². The van der Waals surface area contributed by atoms with Crippen LogP contribution in [0.2, 0.25) is 0 Å². The fraction of sp³-hybridized carbons (Fsp3) is 0.706. The predicted octanol–water partition coefficient (Wildman–Crippen LogP) is 3.93. The second-order valence-corrected chi connectivity index (χ2v) is 8.04. The molecule has 0 saturated heterocycles. The van der Waals surface area contributed by atoms with Gasteiger partial charge in [-0.05, 0) is 42.7 Å². The zero-order chi connectivity index (χ0) is 15.6. The van der Waals surface area contributed by atoms with E-state index in [1.807, 2.05) is 11.3 Å². The number of aliphatic carboxylic acids is 1. The average Bonchev–Trinajstić information content (AvgIpc) is 2.88. The molecule has 118 valence electrons. The van der Waals surface area contributed by atoms with Crippen molar-refractivity contribution in [2.45, 2.75) is 59.5 Å². The van der Waals surface area contributed by atoms with Gasteiger partial charge in [-0.25, -0.2) is 0 Å². The normalized spacial score (nSPS) is 28.5. The van der Waals surface area contributed by atoms with Crippen molar-refractivity contribution in [3.8, 4) is 0 Å². The third kappa shape index (κ3) is 3.49. The van der Waals surface area contributed by atoms with E-state index in [1.165, 1.54) is 9.75 Å². The van der Waals surface area contributed by atoms with E-state index in [4.69, 9.17) is 0 Å². The predicted molar refractivity (Wildman–Crippen MR) is 87.6 cm³/mol. The quantitative estimate of drug-likeness (QED) is 0.866. The number of rotatable bonds is 5. The first-order valence-electron chi connectivity index (χ1n) is 7.90. The third-order valence-corrected chi connectivity index (χ3v) is 6.57. The van der Waals surface area contributed by atoms with Crippen LogP contribution in [0.3, 0.4) is 0 Å². The lowest BCUT2D eigenvalue weighted by molar-refractivity contribution is -0.150. The maximum atomic E-state index is 11.4. The molecule has 1 aliphatic carbocycles. The molecule has 0 radical (unpaired) electrons. The van der Waals surface area contributed by atoms with Crippen LogP contribution in [0.15, 0.2) is 12.1 Å². The number of carbonyl (C=O) groups is 1. The van der Waals surface area contributed by atoms with Crippen LogP contribution in [0.25, 0.3) is 0 Å². The Balaban J connectivity index is 1.97. The summed E-state index contributed by atoms with van der Waals surface area (Å²) in [6, 6.07) is 4.81. The van der Waals surface area contributed by atoms with Gasteiger partial charge < -0.3 is 10.4 Å². The van der Waals surface area contributed by atoms with Crippen molar-refractivity contribution in [1.29, 1.82) is 0 Å². The summed E-state index contributed by atoms with van der Waals surface area (Å²) < 4.78 is 0. The number of carboxylic acids is 1. The summed E-state index contributed by atoms with van der Waals surface area (Å²) in [5, 5.41) is 13.1. The van der Waals surface area contributed by atoms with Gasteiger partial charge in [-0.15, -0.1) is 11.3 Å². The van der Waals surface area contributed by atoms with Crippen molar-refractivity contribution in [2.75, 3.05) is 0 Å². The second-order valence-electron chi connectivity index (χ2n) is 6.79. The highest BCUT2D eigenvalue weighted by Gasteiger charge is 2.45. The number of thiophene rings is 1. The molecule has 2 N–H and O–H groups in total. The smallest absolute Gasteiger partial charge is 0.307 e. The van der Waals surface area contributed by atoms with Gasteiger partial charge in [-0.1, -0.05) is 27.7 Å². The molecule has 1 fully saturated rings. The molecule has 2 rings (SSSR count). The van der Waals surface area contributed by atoms with Gasteiger partial charge >= 0.3 is 5.97 Å². The first kappa shape index (κ1) is 16.5. The zero-order valence-electron chi connectivity index (χ0n) is 13.5. The molecule has 1 aromatic rings. The Morgan fingerprint density at radius 2 is 2.05 bits per heavy atom. The Morgan fingerprint density at radius 1 is 1.38 bits per heavy atom. The molecule has 1 heterocycles. The molecule has 0 aliphatic heterocycles. The SMILES string of the molecule is CCc1ccc(CNC2CCC(C(=O)O)C(C)(C)C2C)s1. The highest BCUT2D eigenvalue weighted by molar-refractivity contribution is 7.11. The molecule has 1 aliphatic rings. The monoisotopic (exact) mass is 309 g/mol. The summed E-state index contributed by atoms with van der Waals surface area (Å²) in [5.41, 5.74) is -0.161. The van der Waals surface area contributed by atoms with Crippen LogP contribution in [0.1, 0.15) is 50.3 Å². The first-order valence-corrected chi connectivity index (χ1v) is 8.71. The number of aryl methyl sites for hydroxylation is 1. The summed E-state index contributed by atoms with van der Waals surface area (Å²) in [5.74, 6) is -0.506. The molecule has 3 atom stereocenters. The Labute approximate surface area is 131 Å². The van der Waals surface area contributed by atoms with Crippen LogP contribution in [0.4, 0.5) is 0 Å². The summed E-state index contributed by atoms with van der Waals surface area (Å²) in [6.07, 6.45) is 2.82. The molecule has 0 spiro atoms. The van der Waals surface area contributed by atoms with Crippen molar-refractivity contribution in [3.05, 3.63) is 21.9 Å². The van der Waals surface area contributed by atoms with Crippen LogP contribution in [0, 0.1) is 17.3 Å². The van der Waals surface area contributed by atoms with Gasteiger partial charge in [0.1, 0.15) is 0 Å². The van der Waals surface area contributed by atoms with Gasteiger partial charge in [0.2, 0.25) is 0 Å². The lowest BCUT2D eigenvalue weighted by Gasteiger charge is -2.46. The molecule has 3 nitrogen and oxygen atoms in total. The zero-order valence-corrected chi connectivity index (χ0v) is 14.3. The minimum Gasteiger partial charge on any atom is -0.481 e. The van der Waals surface area contributed by atoms with Gasteiger partial charge in [0.15, 0.2) is 0 Å². The van der Waals surface area contributed by atoms with Crippen molar-refractivity contribution in [2.24, 2.45) is 17.3 Å². The number of nitrogens with one attached hydrogen (secondary N) is 1. The van der Waals surface area contributed by atoms with E-state index in [1.54, 1.807) is 0 Å². The largest absolute Gasteiger partial charge is 0.481 e. The average molecular weight is 309 g/mol. The van der Waals surface area contributed by atoms with Crippen LogP contribution in [-0.4, -0.2) is 17.1 Å². The standard InChI is InChI=1S/C17H27NO2S/c1-5-12-6-7-13(21-12)10-18-15-9-8-14(16(19)20)17(3,4)11(15)2/h6-7,11,14-15,18H,5,8-10H2,1-4H3,(H,19,20). The molecular weight excluding hydrogens is 282 g/mol. The molecule has 1 saturated carbocycles. The molecule has 4 heteroatoms. The van der Waals surface area contributed by atoms with Crippen LogP contribution < -0.4 is 5.32 Å². The molecule has 0 aromatic carbocycles. The van der Waals surface area contributed by atoms with E-state index in [0.717, 1.165) is 25.8 Å². The molecule has 1 aromatic heterocycles. The maximum absolute atomic E-state index is 11.4. The molecular formula is C17H27NO2S. The van der Waals surface area contributed by atoms with Crippen molar-refractivity contribution in [1.82, 2.24) is 5.32 Å². The van der Waals surface area contributed by atoms with Crippen molar-refractivity contribution in [3.63, 3.8) is 0 Å². The molecule has 3 unspecified atom stereocenters. The van der Waals surface area contributed by atoms with Crippen LogP contribution in [0.5, 0.6) is 0 Å². The Bertz CT molecular complexity index is 495. The molecule has 0 bridgehead atoms. The summed E-state index contributed by atoms with van der Waals surface area (Å²) in [4.78, 5) is 14.2. The highest BCUT2D eigenvalue weighted by atomic mass is 32.1. The number of hydrogen-bond acceptors (Lipinski definition) is 3. The maximum Gasteiger partial charge on any atom is 0.307 e. The highest BCUT2D eigenvalue weighted by Crippen LogP contribution is 2.45. The molecule has 0 amide bonds. The minimum atomic E-state index is -0.642. The Kier molecular flexibility index (Phi) is 5.10. The van der Waals surface area contributed by atoms with Crippen LogP contribution >= 0.6 is 11.3 Å². The van der Waals surface area contributed by atoms with Crippen LogP contribution in [-0.2, 0) is 17.8 Å². The fourth-order valence-corrected chi connectivity index (χ4v) is 4.37. The molecule has 21 heavy (non-hydrogen) atoms. The Hall–Kier alpha value is -0.870. The van der Waals surface area contributed by atoms with E-state index in [9.17, 15) is 9.90 Å². The number of carboxylic acid groups (broad SMARTS) is 1. The lowest BCUT2D eigenvalue weighted by Crippen LogP contribution is -2.50. The second kappa shape index (κ2) is 6.49. The number of hydrogen-bond donors (Lipinski definition) is 2. The first-order chi connectivity index (χ1) is 9.86. The lowest BCUT2D eigenvalue weighted by atomic mass is 9.61. The van der Waals surface area contributed by atoms with E-state index in [2.05, 4.69) is 45.1 Å².